The van der Waals surface area contributed by atoms with Gasteiger partial charge in [-0.3, -0.25) is 4.79 Å². The molecule has 0 spiro atoms. The normalized spacial score (nSPS) is 13.1. The number of sulfonamides is 1. The largest absolute Gasteiger partial charge is 0.573 e. The number of H-pyrrole nitrogens is 2. The molecule has 2 aromatic carbocycles. The number of rotatable bonds is 8. The molecule has 0 bridgehead atoms. The summed E-state index contributed by atoms with van der Waals surface area (Å²) < 4.78 is 66.9. The number of imidazole rings is 1. The summed E-state index contributed by atoms with van der Waals surface area (Å²) in [5.41, 5.74) is 1.61. The topological polar surface area (TPSA) is 133 Å². The number of alkyl halides is 3. The number of carbonyl (C=O) groups excluding carboxylic acids is 1. The standard InChI is InChI=1S/C19H19F3N4O5S/c1-11(12-2-7-15-16(10-12)26-18(28)25-15)24-17(27)8-9-23-32(29,30)14-5-3-13(4-6-14)31-19(20,21)22/h2-7,10-11,23H,8-9H2,1H3,(H,24,27)(H2,25,26,28). The van der Waals surface area contributed by atoms with Crippen LogP contribution < -0.4 is 20.5 Å². The number of amides is 1. The smallest absolute Gasteiger partial charge is 0.406 e. The molecule has 0 aliphatic rings. The minimum atomic E-state index is -4.88. The van der Waals surface area contributed by atoms with E-state index in [4.69, 9.17) is 0 Å². The number of hydrogen-bond donors (Lipinski definition) is 4. The van der Waals surface area contributed by atoms with Gasteiger partial charge < -0.3 is 20.0 Å². The highest BCUT2D eigenvalue weighted by Gasteiger charge is 2.31. The maximum atomic E-state index is 12.2. The lowest BCUT2D eigenvalue weighted by atomic mass is 10.1. The number of aromatic amines is 2. The van der Waals surface area contributed by atoms with Crippen molar-refractivity contribution in [2.75, 3.05) is 6.54 Å². The Morgan fingerprint density at radius 1 is 1.09 bits per heavy atom. The van der Waals surface area contributed by atoms with E-state index in [1.165, 1.54) is 0 Å². The van der Waals surface area contributed by atoms with Gasteiger partial charge in [-0.15, -0.1) is 13.2 Å². The molecule has 3 rings (SSSR count). The van der Waals surface area contributed by atoms with Crippen molar-refractivity contribution in [3.63, 3.8) is 0 Å². The van der Waals surface area contributed by atoms with Gasteiger partial charge in [0, 0.05) is 13.0 Å². The molecule has 32 heavy (non-hydrogen) atoms. The van der Waals surface area contributed by atoms with Crippen LogP contribution in [0.25, 0.3) is 11.0 Å². The van der Waals surface area contributed by atoms with Gasteiger partial charge >= 0.3 is 12.1 Å². The van der Waals surface area contributed by atoms with E-state index >= 15 is 0 Å². The van der Waals surface area contributed by atoms with Gasteiger partial charge in [-0.05, 0) is 48.9 Å². The molecule has 0 aliphatic carbocycles. The summed E-state index contributed by atoms with van der Waals surface area (Å²) in [7, 11) is -4.02. The Morgan fingerprint density at radius 3 is 2.41 bits per heavy atom. The first-order chi connectivity index (χ1) is 14.9. The van der Waals surface area contributed by atoms with E-state index in [1.807, 2.05) is 0 Å². The minimum absolute atomic E-state index is 0.165. The molecule has 172 valence electrons. The number of hydrogen-bond acceptors (Lipinski definition) is 5. The van der Waals surface area contributed by atoms with E-state index in [-0.39, 0.29) is 23.6 Å². The zero-order chi connectivity index (χ0) is 23.5. The molecule has 0 radical (unpaired) electrons. The van der Waals surface area contributed by atoms with Crippen molar-refractivity contribution >= 4 is 27.0 Å². The van der Waals surface area contributed by atoms with Crippen LogP contribution in [0.3, 0.4) is 0 Å². The first-order valence-corrected chi connectivity index (χ1v) is 10.8. The summed E-state index contributed by atoms with van der Waals surface area (Å²) in [5.74, 6) is -0.969. The Morgan fingerprint density at radius 2 is 1.75 bits per heavy atom. The second kappa shape index (κ2) is 9.04. The second-order valence-corrected chi connectivity index (χ2v) is 8.61. The fourth-order valence-electron chi connectivity index (χ4n) is 2.92. The van der Waals surface area contributed by atoms with Crippen LogP contribution in [-0.2, 0) is 14.8 Å². The van der Waals surface area contributed by atoms with Gasteiger partial charge in [0.05, 0.1) is 22.0 Å². The Bertz CT molecular complexity index is 1270. The molecule has 13 heteroatoms. The molecule has 0 fully saturated rings. The molecule has 4 N–H and O–H groups in total. The van der Waals surface area contributed by atoms with Crippen LogP contribution in [0.4, 0.5) is 13.2 Å². The summed E-state index contributed by atoms with van der Waals surface area (Å²) in [6, 6.07) is 8.45. The quantitative estimate of drug-likeness (QED) is 0.399. The summed E-state index contributed by atoms with van der Waals surface area (Å²) in [5, 5.41) is 2.72. The van der Waals surface area contributed by atoms with Gasteiger partial charge in [0.15, 0.2) is 0 Å². The molecule has 0 saturated carbocycles. The first kappa shape index (κ1) is 23.3. The third-order valence-corrected chi connectivity index (χ3v) is 5.91. The lowest BCUT2D eigenvalue weighted by molar-refractivity contribution is -0.274. The van der Waals surface area contributed by atoms with Crippen molar-refractivity contribution in [1.29, 1.82) is 0 Å². The molecular formula is C19H19F3N4O5S. The van der Waals surface area contributed by atoms with Gasteiger partial charge in [-0.2, -0.15) is 0 Å². The van der Waals surface area contributed by atoms with E-state index in [0.717, 1.165) is 29.8 Å². The molecule has 1 amide bonds. The average molecular weight is 472 g/mol. The fourth-order valence-corrected chi connectivity index (χ4v) is 3.95. The molecule has 9 nitrogen and oxygen atoms in total. The lowest BCUT2D eigenvalue weighted by Gasteiger charge is -2.15. The number of fused-ring (bicyclic) bond motifs is 1. The predicted molar refractivity (Wildman–Crippen MR) is 108 cm³/mol. The van der Waals surface area contributed by atoms with Crippen LogP contribution in [0, 0.1) is 0 Å². The summed E-state index contributed by atoms with van der Waals surface area (Å²) in [6.45, 7) is 1.52. The molecule has 1 atom stereocenters. The Kier molecular flexibility index (Phi) is 6.60. The van der Waals surface area contributed by atoms with Crippen LogP contribution in [0.1, 0.15) is 24.9 Å². The zero-order valence-corrected chi connectivity index (χ0v) is 17.4. The molecule has 1 unspecified atom stereocenters. The van der Waals surface area contributed by atoms with Gasteiger partial charge in [0.25, 0.3) is 0 Å². The molecule has 0 aliphatic heterocycles. The molecule has 1 heterocycles. The second-order valence-electron chi connectivity index (χ2n) is 6.84. The Hall–Kier alpha value is -3.32. The highest BCUT2D eigenvalue weighted by atomic mass is 32.2. The number of carbonyl (C=O) groups is 1. The molecule has 3 aromatic rings. The molecule has 1 aromatic heterocycles. The Labute approximate surface area is 180 Å². The van der Waals surface area contributed by atoms with Crippen LogP contribution >= 0.6 is 0 Å². The van der Waals surface area contributed by atoms with Gasteiger partial charge in [-0.25, -0.2) is 17.9 Å². The van der Waals surface area contributed by atoms with Crippen LogP contribution in [0.2, 0.25) is 0 Å². The monoisotopic (exact) mass is 472 g/mol. The maximum Gasteiger partial charge on any atom is 0.573 e. The fraction of sp³-hybridized carbons (Fsp3) is 0.263. The lowest BCUT2D eigenvalue weighted by Crippen LogP contribution is -2.32. The average Bonchev–Trinajstić information content (AvgIpc) is 3.06. The highest BCUT2D eigenvalue weighted by Crippen LogP contribution is 2.24. The number of ether oxygens (including phenoxy) is 1. The van der Waals surface area contributed by atoms with E-state index in [1.54, 1.807) is 25.1 Å². The Balaban J connectivity index is 1.52. The van der Waals surface area contributed by atoms with Crippen molar-refractivity contribution in [1.82, 2.24) is 20.0 Å². The van der Waals surface area contributed by atoms with Crippen molar-refractivity contribution < 1.29 is 31.1 Å². The van der Waals surface area contributed by atoms with Crippen LogP contribution in [0.15, 0.2) is 52.2 Å². The van der Waals surface area contributed by atoms with Crippen molar-refractivity contribution in [2.45, 2.75) is 30.6 Å². The first-order valence-electron chi connectivity index (χ1n) is 9.30. The van der Waals surface area contributed by atoms with Crippen LogP contribution in [0.5, 0.6) is 5.75 Å². The van der Waals surface area contributed by atoms with Crippen molar-refractivity contribution in [3.8, 4) is 5.75 Å². The SMILES string of the molecule is CC(NC(=O)CCNS(=O)(=O)c1ccc(OC(F)(F)F)cc1)c1ccc2[nH]c(=O)[nH]c2c1. The summed E-state index contributed by atoms with van der Waals surface area (Å²) >= 11 is 0. The number of benzene rings is 2. The van der Waals surface area contributed by atoms with E-state index in [2.05, 4.69) is 24.7 Å². The van der Waals surface area contributed by atoms with Gasteiger partial charge in [0.1, 0.15) is 5.75 Å². The van der Waals surface area contributed by atoms with E-state index in [0.29, 0.717) is 11.0 Å². The predicted octanol–water partition coefficient (Wildman–Crippen LogP) is 2.30. The maximum absolute atomic E-state index is 12.2. The zero-order valence-electron chi connectivity index (χ0n) is 16.6. The van der Waals surface area contributed by atoms with Gasteiger partial charge in [0.2, 0.25) is 15.9 Å². The molecule has 0 saturated heterocycles. The number of nitrogens with one attached hydrogen (secondary N) is 4. The highest BCUT2D eigenvalue weighted by molar-refractivity contribution is 7.89. The van der Waals surface area contributed by atoms with Gasteiger partial charge in [-0.1, -0.05) is 6.07 Å². The number of halogens is 3. The van der Waals surface area contributed by atoms with E-state index < -0.39 is 34.1 Å². The molecular weight excluding hydrogens is 453 g/mol. The minimum Gasteiger partial charge on any atom is -0.406 e. The van der Waals surface area contributed by atoms with E-state index in [9.17, 15) is 31.2 Å². The van der Waals surface area contributed by atoms with Crippen molar-refractivity contribution in [3.05, 3.63) is 58.5 Å². The summed E-state index contributed by atoms with van der Waals surface area (Å²) in [4.78, 5) is 28.5. The number of aromatic nitrogens is 2. The third-order valence-electron chi connectivity index (χ3n) is 4.43. The third kappa shape index (κ3) is 6.11. The van der Waals surface area contributed by atoms with Crippen molar-refractivity contribution in [2.24, 2.45) is 0 Å². The van der Waals surface area contributed by atoms with Crippen LogP contribution in [-0.4, -0.2) is 37.2 Å². The summed E-state index contributed by atoms with van der Waals surface area (Å²) in [6.07, 6.45) is -5.05.